The van der Waals surface area contributed by atoms with E-state index in [1.807, 2.05) is 25.2 Å². The lowest BCUT2D eigenvalue weighted by molar-refractivity contribution is 0.0779. The molecular weight excluding hydrogens is 336 g/mol. The molecular formula is C22H28N4O. The van der Waals surface area contributed by atoms with Gasteiger partial charge in [0.2, 0.25) is 0 Å². The molecule has 0 atom stereocenters. The van der Waals surface area contributed by atoms with Crippen molar-refractivity contribution in [3.8, 4) is 0 Å². The average molecular weight is 364 g/mol. The molecule has 0 aliphatic rings. The highest BCUT2D eigenvalue weighted by Crippen LogP contribution is 2.19. The number of aryl methyl sites for hydroxylation is 1. The standard InChI is InChI=1S/C22H28N4O/c1-3-4-5-6-9-15-26-20-13-8-7-12-19(20)24-21(26)17-25(2)22(27)18-11-10-14-23-16-18/h7-8,10-14,16H,3-6,9,15,17H2,1-2H3. The van der Waals surface area contributed by atoms with Gasteiger partial charge in [0.15, 0.2) is 0 Å². The third-order valence-corrected chi connectivity index (χ3v) is 4.85. The van der Waals surface area contributed by atoms with Crippen LogP contribution in [0.4, 0.5) is 0 Å². The van der Waals surface area contributed by atoms with Gasteiger partial charge in [-0.25, -0.2) is 4.98 Å². The highest BCUT2D eigenvalue weighted by atomic mass is 16.2. The van der Waals surface area contributed by atoms with Crippen molar-refractivity contribution in [1.82, 2.24) is 19.4 Å². The Labute approximate surface area is 161 Å². The molecule has 0 radical (unpaired) electrons. The van der Waals surface area contributed by atoms with Gasteiger partial charge in [0.1, 0.15) is 5.82 Å². The monoisotopic (exact) mass is 364 g/mol. The Kier molecular flexibility index (Phi) is 6.58. The number of hydrogen-bond donors (Lipinski definition) is 0. The number of pyridine rings is 1. The minimum absolute atomic E-state index is 0.0374. The third kappa shape index (κ3) is 4.73. The van der Waals surface area contributed by atoms with E-state index < -0.39 is 0 Å². The average Bonchev–Trinajstić information content (AvgIpc) is 3.05. The van der Waals surface area contributed by atoms with E-state index in [9.17, 15) is 4.79 Å². The number of unbranched alkanes of at least 4 members (excludes halogenated alkanes) is 4. The minimum atomic E-state index is -0.0374. The number of imidazole rings is 1. The Balaban J connectivity index is 1.76. The number of carbonyl (C=O) groups excluding carboxylic acids is 1. The molecule has 142 valence electrons. The lowest BCUT2D eigenvalue weighted by Crippen LogP contribution is -2.27. The van der Waals surface area contributed by atoms with E-state index >= 15 is 0 Å². The largest absolute Gasteiger partial charge is 0.334 e. The summed E-state index contributed by atoms with van der Waals surface area (Å²) in [5.74, 6) is 0.899. The molecule has 0 aliphatic carbocycles. The zero-order chi connectivity index (χ0) is 19.1. The molecule has 27 heavy (non-hydrogen) atoms. The normalized spacial score (nSPS) is 11.0. The zero-order valence-electron chi connectivity index (χ0n) is 16.3. The molecule has 0 bridgehead atoms. The van der Waals surface area contributed by atoms with Gasteiger partial charge in [-0.05, 0) is 30.7 Å². The number of nitrogens with zero attached hydrogens (tertiary/aromatic N) is 4. The van der Waals surface area contributed by atoms with Gasteiger partial charge in [0.05, 0.1) is 23.1 Å². The van der Waals surface area contributed by atoms with Crippen LogP contribution in [0.25, 0.3) is 11.0 Å². The van der Waals surface area contributed by atoms with Crippen LogP contribution in [0.3, 0.4) is 0 Å². The summed E-state index contributed by atoms with van der Waals surface area (Å²) >= 11 is 0. The molecule has 3 aromatic rings. The van der Waals surface area contributed by atoms with Crippen molar-refractivity contribution in [3.63, 3.8) is 0 Å². The first kappa shape index (κ1) is 19.1. The van der Waals surface area contributed by atoms with Gasteiger partial charge < -0.3 is 9.47 Å². The van der Waals surface area contributed by atoms with Gasteiger partial charge in [-0.2, -0.15) is 0 Å². The highest BCUT2D eigenvalue weighted by molar-refractivity contribution is 5.93. The molecule has 1 amide bonds. The Morgan fingerprint density at radius 1 is 1.07 bits per heavy atom. The van der Waals surface area contributed by atoms with Crippen molar-refractivity contribution in [2.24, 2.45) is 0 Å². The summed E-state index contributed by atoms with van der Waals surface area (Å²) in [6, 6.07) is 11.8. The number of aromatic nitrogens is 3. The molecule has 0 spiro atoms. The van der Waals surface area contributed by atoms with Gasteiger partial charge >= 0.3 is 0 Å². The van der Waals surface area contributed by atoms with Crippen LogP contribution in [0.2, 0.25) is 0 Å². The van der Waals surface area contributed by atoms with Crippen molar-refractivity contribution in [1.29, 1.82) is 0 Å². The van der Waals surface area contributed by atoms with Crippen LogP contribution in [0.1, 0.15) is 55.2 Å². The molecule has 2 heterocycles. The molecule has 0 saturated carbocycles. The van der Waals surface area contributed by atoms with E-state index in [0.29, 0.717) is 12.1 Å². The van der Waals surface area contributed by atoms with Gasteiger partial charge in [-0.3, -0.25) is 9.78 Å². The van der Waals surface area contributed by atoms with E-state index in [2.05, 4.69) is 22.5 Å². The summed E-state index contributed by atoms with van der Waals surface area (Å²) < 4.78 is 2.27. The Morgan fingerprint density at radius 2 is 1.89 bits per heavy atom. The summed E-state index contributed by atoms with van der Waals surface area (Å²) in [4.78, 5) is 23.2. The van der Waals surface area contributed by atoms with Crippen LogP contribution in [0.5, 0.6) is 0 Å². The van der Waals surface area contributed by atoms with Crippen molar-refractivity contribution in [2.75, 3.05) is 7.05 Å². The van der Waals surface area contributed by atoms with Crippen molar-refractivity contribution >= 4 is 16.9 Å². The van der Waals surface area contributed by atoms with E-state index in [4.69, 9.17) is 4.98 Å². The molecule has 0 aliphatic heterocycles. The number of hydrogen-bond acceptors (Lipinski definition) is 3. The Hall–Kier alpha value is -2.69. The van der Waals surface area contributed by atoms with E-state index in [1.54, 1.807) is 29.4 Å². The quantitative estimate of drug-likeness (QED) is 0.518. The predicted octanol–water partition coefficient (Wildman–Crippen LogP) is 4.67. The molecule has 5 nitrogen and oxygen atoms in total. The van der Waals surface area contributed by atoms with Crippen LogP contribution in [-0.4, -0.2) is 32.4 Å². The summed E-state index contributed by atoms with van der Waals surface area (Å²) in [6.07, 6.45) is 9.46. The molecule has 5 heteroatoms. The van der Waals surface area contributed by atoms with E-state index in [-0.39, 0.29) is 5.91 Å². The molecule has 0 N–H and O–H groups in total. The molecule has 2 aromatic heterocycles. The SMILES string of the molecule is CCCCCCCn1c(CN(C)C(=O)c2cccnc2)nc2ccccc21. The topological polar surface area (TPSA) is 51.0 Å². The second-order valence-corrected chi connectivity index (χ2v) is 6.99. The summed E-state index contributed by atoms with van der Waals surface area (Å²) in [5.41, 5.74) is 2.73. The number of amides is 1. The van der Waals surface area contributed by atoms with Crippen molar-refractivity contribution < 1.29 is 4.79 Å². The fourth-order valence-electron chi connectivity index (χ4n) is 3.36. The Bertz CT molecular complexity index is 872. The summed E-state index contributed by atoms with van der Waals surface area (Å²) in [5, 5.41) is 0. The molecule has 0 saturated heterocycles. The first-order valence-electron chi connectivity index (χ1n) is 9.80. The third-order valence-electron chi connectivity index (χ3n) is 4.85. The van der Waals surface area contributed by atoms with Gasteiger partial charge in [-0.15, -0.1) is 0 Å². The van der Waals surface area contributed by atoms with Gasteiger partial charge in [0.25, 0.3) is 5.91 Å². The summed E-state index contributed by atoms with van der Waals surface area (Å²) in [7, 11) is 1.82. The second kappa shape index (κ2) is 9.31. The van der Waals surface area contributed by atoms with E-state index in [0.717, 1.165) is 29.8 Å². The fraction of sp³-hybridized carbons (Fsp3) is 0.409. The molecule has 0 fully saturated rings. The van der Waals surface area contributed by atoms with E-state index in [1.165, 1.54) is 25.7 Å². The maximum atomic E-state index is 12.7. The molecule has 0 unspecified atom stereocenters. The lowest BCUT2D eigenvalue weighted by Gasteiger charge is -2.18. The number of benzene rings is 1. The fourth-order valence-corrected chi connectivity index (χ4v) is 3.36. The van der Waals surface area contributed by atoms with Crippen LogP contribution < -0.4 is 0 Å². The number of para-hydroxylation sites is 2. The zero-order valence-corrected chi connectivity index (χ0v) is 16.3. The summed E-state index contributed by atoms with van der Waals surface area (Å²) in [6.45, 7) is 3.66. The van der Waals surface area contributed by atoms with Crippen LogP contribution in [0, 0.1) is 0 Å². The number of fused-ring (bicyclic) bond motifs is 1. The number of rotatable bonds is 9. The first-order chi connectivity index (χ1) is 13.2. The van der Waals surface area contributed by atoms with Gasteiger partial charge in [-0.1, -0.05) is 44.7 Å². The van der Waals surface area contributed by atoms with Crippen LogP contribution in [-0.2, 0) is 13.1 Å². The van der Waals surface area contributed by atoms with Crippen LogP contribution in [0.15, 0.2) is 48.8 Å². The smallest absolute Gasteiger partial charge is 0.255 e. The number of carbonyl (C=O) groups is 1. The van der Waals surface area contributed by atoms with Crippen molar-refractivity contribution in [2.45, 2.75) is 52.1 Å². The maximum Gasteiger partial charge on any atom is 0.255 e. The second-order valence-electron chi connectivity index (χ2n) is 6.99. The van der Waals surface area contributed by atoms with Crippen LogP contribution >= 0.6 is 0 Å². The highest BCUT2D eigenvalue weighted by Gasteiger charge is 2.17. The minimum Gasteiger partial charge on any atom is -0.334 e. The lowest BCUT2D eigenvalue weighted by atomic mass is 10.1. The van der Waals surface area contributed by atoms with Crippen molar-refractivity contribution in [3.05, 3.63) is 60.2 Å². The maximum absolute atomic E-state index is 12.7. The first-order valence-corrected chi connectivity index (χ1v) is 9.80. The Morgan fingerprint density at radius 3 is 2.67 bits per heavy atom. The predicted molar refractivity (Wildman–Crippen MR) is 109 cm³/mol. The molecule has 1 aromatic carbocycles. The van der Waals surface area contributed by atoms with Gasteiger partial charge in [0, 0.05) is 26.0 Å². The molecule has 3 rings (SSSR count).